The van der Waals surface area contributed by atoms with Gasteiger partial charge in [0, 0.05) is 17.2 Å². The number of nitrogens with one attached hydrogen (secondary N) is 2. The van der Waals surface area contributed by atoms with Crippen molar-refractivity contribution >= 4 is 29.5 Å². The number of carbonyl (C=O) groups excluding carboxylic acids is 2. The molecule has 0 unspecified atom stereocenters. The highest BCUT2D eigenvalue weighted by Gasteiger charge is 2.26. The van der Waals surface area contributed by atoms with Crippen LogP contribution in [0.3, 0.4) is 0 Å². The van der Waals surface area contributed by atoms with Crippen molar-refractivity contribution in [3.05, 3.63) is 41.6 Å². The highest BCUT2D eigenvalue weighted by molar-refractivity contribution is 6.15. The number of carbonyl (C=O) groups is 2. The number of hydrogen-bond donors (Lipinski definition) is 2. The molecule has 0 bridgehead atoms. The van der Waals surface area contributed by atoms with Crippen molar-refractivity contribution in [2.75, 3.05) is 12.4 Å². The molecule has 2 amide bonds. The molecule has 10 heteroatoms. The second-order valence-electron chi connectivity index (χ2n) is 7.08. The minimum absolute atomic E-state index is 0.0314. The topological polar surface area (TPSA) is 120 Å². The third-order valence-corrected chi connectivity index (χ3v) is 4.78. The van der Waals surface area contributed by atoms with Gasteiger partial charge >= 0.3 is 6.01 Å². The summed E-state index contributed by atoms with van der Waals surface area (Å²) in [7, 11) is 1.59. The zero-order valence-electron chi connectivity index (χ0n) is 16.1. The van der Waals surface area contributed by atoms with Crippen molar-refractivity contribution in [3.63, 3.8) is 0 Å². The molecule has 1 aliphatic heterocycles. The summed E-state index contributed by atoms with van der Waals surface area (Å²) in [4.78, 5) is 32.3. The largest absolute Gasteiger partial charge is 0.497 e. The number of anilines is 1. The second-order valence-corrected chi connectivity index (χ2v) is 7.08. The van der Waals surface area contributed by atoms with Gasteiger partial charge in [0.05, 0.1) is 19.7 Å². The maximum Gasteiger partial charge on any atom is 0.327 e. The number of nitrogens with zero attached hydrogens (tertiary/aromatic N) is 4. The van der Waals surface area contributed by atoms with Crippen LogP contribution in [0.1, 0.15) is 24.8 Å². The summed E-state index contributed by atoms with van der Waals surface area (Å²) >= 11 is 0. The summed E-state index contributed by atoms with van der Waals surface area (Å²) in [6.45, 7) is 0. The molecule has 1 saturated carbocycles. The fraction of sp³-hybridized carbons (Fsp3) is 0.250. The van der Waals surface area contributed by atoms with Crippen LogP contribution in [-0.2, 0) is 9.59 Å². The van der Waals surface area contributed by atoms with Crippen LogP contribution in [0.25, 0.3) is 11.7 Å². The molecule has 1 aromatic carbocycles. The zero-order chi connectivity index (χ0) is 20.7. The Morgan fingerprint density at radius 1 is 1.17 bits per heavy atom. The van der Waals surface area contributed by atoms with E-state index in [2.05, 4.69) is 25.7 Å². The smallest absolute Gasteiger partial charge is 0.327 e. The minimum atomic E-state index is -0.403. The molecule has 2 aliphatic rings. The molecular weight excluding hydrogens is 388 g/mol. The Morgan fingerprint density at radius 3 is 2.60 bits per heavy atom. The summed E-state index contributed by atoms with van der Waals surface area (Å²) < 4.78 is 12.6. The van der Waals surface area contributed by atoms with Crippen LogP contribution in [0.15, 0.2) is 36.0 Å². The predicted molar refractivity (Wildman–Crippen MR) is 106 cm³/mol. The quantitative estimate of drug-likeness (QED) is 0.471. The van der Waals surface area contributed by atoms with Crippen molar-refractivity contribution in [1.29, 1.82) is 0 Å². The molecule has 1 aliphatic carbocycles. The standard InChI is InChI=1S/C20H18N6O4/c1-29-14-4-6-15(7-5-14)30-20-24-17-12(8-11-9-16(27)23-18(11)28)10-21-26(17)19(25-20)22-13-2-3-13/h4-8,10,13H,2-3,9H2,1H3,(H,22,24,25)(H,23,27,28)/b11-8+. The van der Waals surface area contributed by atoms with Gasteiger partial charge in [0.15, 0.2) is 5.65 Å². The molecule has 3 aromatic rings. The molecule has 3 heterocycles. The van der Waals surface area contributed by atoms with Gasteiger partial charge in [-0.3, -0.25) is 14.9 Å². The van der Waals surface area contributed by atoms with Gasteiger partial charge in [-0.15, -0.1) is 0 Å². The summed E-state index contributed by atoms with van der Waals surface area (Å²) in [5.41, 5.74) is 1.43. The Hall–Kier alpha value is -3.95. The van der Waals surface area contributed by atoms with Gasteiger partial charge in [-0.25, -0.2) is 0 Å². The molecule has 0 radical (unpaired) electrons. The van der Waals surface area contributed by atoms with Crippen LogP contribution in [0, 0.1) is 0 Å². The average molecular weight is 406 g/mol. The number of methoxy groups -OCH3 is 1. The summed E-state index contributed by atoms with van der Waals surface area (Å²) in [6.07, 6.45) is 5.35. The molecule has 2 aromatic heterocycles. The second kappa shape index (κ2) is 7.14. The normalized spacial score (nSPS) is 17.4. The molecular formula is C20H18N6O4. The van der Waals surface area contributed by atoms with E-state index < -0.39 is 5.91 Å². The van der Waals surface area contributed by atoms with E-state index in [1.165, 1.54) is 0 Å². The van der Waals surface area contributed by atoms with Gasteiger partial charge in [0.25, 0.3) is 5.91 Å². The Labute approximate surface area is 170 Å². The molecule has 30 heavy (non-hydrogen) atoms. The molecule has 2 fully saturated rings. The van der Waals surface area contributed by atoms with Crippen molar-refractivity contribution in [2.24, 2.45) is 0 Å². The molecule has 10 nitrogen and oxygen atoms in total. The fourth-order valence-electron chi connectivity index (χ4n) is 3.08. The maximum atomic E-state index is 11.9. The van der Waals surface area contributed by atoms with Gasteiger partial charge in [-0.05, 0) is 43.2 Å². The van der Waals surface area contributed by atoms with Crippen molar-refractivity contribution in [1.82, 2.24) is 24.9 Å². The van der Waals surface area contributed by atoms with E-state index in [1.54, 1.807) is 48.2 Å². The number of amides is 2. The molecule has 0 atom stereocenters. The summed E-state index contributed by atoms with van der Waals surface area (Å²) in [5, 5.41) is 9.95. The first-order chi connectivity index (χ1) is 14.6. The van der Waals surface area contributed by atoms with Gasteiger partial charge < -0.3 is 14.8 Å². The van der Waals surface area contributed by atoms with Crippen LogP contribution in [0.4, 0.5) is 5.95 Å². The fourth-order valence-corrected chi connectivity index (χ4v) is 3.08. The lowest BCUT2D eigenvalue weighted by atomic mass is 10.1. The number of rotatable bonds is 6. The lowest BCUT2D eigenvalue weighted by Gasteiger charge is -2.10. The van der Waals surface area contributed by atoms with Crippen LogP contribution in [-0.4, -0.2) is 44.5 Å². The molecule has 152 valence electrons. The van der Waals surface area contributed by atoms with E-state index in [4.69, 9.17) is 9.47 Å². The SMILES string of the molecule is COc1ccc(Oc2nc(NC3CC3)n3ncc(/C=C4\CC(=O)NC4=O)c3n2)cc1. The first-order valence-electron chi connectivity index (χ1n) is 9.48. The highest BCUT2D eigenvalue weighted by atomic mass is 16.5. The lowest BCUT2D eigenvalue weighted by molar-refractivity contribution is -0.124. The van der Waals surface area contributed by atoms with E-state index in [1.807, 2.05) is 0 Å². The van der Waals surface area contributed by atoms with E-state index in [-0.39, 0.29) is 18.3 Å². The molecule has 2 N–H and O–H groups in total. The first kappa shape index (κ1) is 18.1. The first-order valence-corrected chi connectivity index (χ1v) is 9.48. The number of benzene rings is 1. The number of aromatic nitrogens is 4. The van der Waals surface area contributed by atoms with Gasteiger partial charge in [0.1, 0.15) is 11.5 Å². The average Bonchev–Trinajstić information content (AvgIpc) is 3.37. The molecule has 0 spiro atoms. The summed E-state index contributed by atoms with van der Waals surface area (Å²) in [6, 6.07) is 7.55. The van der Waals surface area contributed by atoms with Gasteiger partial charge in [-0.2, -0.15) is 19.6 Å². The van der Waals surface area contributed by atoms with E-state index in [0.717, 1.165) is 12.8 Å². The van der Waals surface area contributed by atoms with E-state index in [9.17, 15) is 9.59 Å². The lowest BCUT2D eigenvalue weighted by Crippen LogP contribution is -2.19. The number of fused-ring (bicyclic) bond motifs is 1. The Bertz CT molecular complexity index is 1180. The monoisotopic (exact) mass is 406 g/mol. The number of hydrogen-bond acceptors (Lipinski definition) is 8. The van der Waals surface area contributed by atoms with E-state index in [0.29, 0.717) is 40.3 Å². The van der Waals surface area contributed by atoms with Crippen LogP contribution in [0.5, 0.6) is 17.5 Å². The predicted octanol–water partition coefficient (Wildman–Crippen LogP) is 1.93. The van der Waals surface area contributed by atoms with Gasteiger partial charge in [0.2, 0.25) is 11.9 Å². The highest BCUT2D eigenvalue weighted by Crippen LogP contribution is 2.28. The van der Waals surface area contributed by atoms with Crippen LogP contribution >= 0.6 is 0 Å². The minimum Gasteiger partial charge on any atom is -0.497 e. The summed E-state index contributed by atoms with van der Waals surface area (Å²) in [5.74, 6) is 1.04. The van der Waals surface area contributed by atoms with Crippen LogP contribution in [0.2, 0.25) is 0 Å². The van der Waals surface area contributed by atoms with Crippen molar-refractivity contribution in [3.8, 4) is 17.5 Å². The molecule has 5 rings (SSSR count). The molecule has 1 saturated heterocycles. The van der Waals surface area contributed by atoms with Crippen LogP contribution < -0.4 is 20.1 Å². The maximum absolute atomic E-state index is 11.9. The third kappa shape index (κ3) is 3.54. The zero-order valence-corrected chi connectivity index (χ0v) is 16.1. The van der Waals surface area contributed by atoms with Gasteiger partial charge in [-0.1, -0.05) is 0 Å². The van der Waals surface area contributed by atoms with Crippen molar-refractivity contribution in [2.45, 2.75) is 25.3 Å². The van der Waals surface area contributed by atoms with E-state index >= 15 is 0 Å². The Balaban J connectivity index is 1.54. The van der Waals surface area contributed by atoms with Crippen molar-refractivity contribution < 1.29 is 19.1 Å². The third-order valence-electron chi connectivity index (χ3n) is 4.78. The number of ether oxygens (including phenoxy) is 2. The number of imide groups is 1. The Morgan fingerprint density at radius 2 is 1.93 bits per heavy atom. The Kier molecular flexibility index (Phi) is 4.31.